The van der Waals surface area contributed by atoms with Gasteiger partial charge in [0, 0.05) is 11.8 Å². The molecule has 0 bridgehead atoms. The number of hydrogen-bond donors (Lipinski definition) is 1. The molecule has 0 spiro atoms. The van der Waals surface area contributed by atoms with Crippen molar-refractivity contribution in [1.82, 2.24) is 0 Å². The summed E-state index contributed by atoms with van der Waals surface area (Å²) < 4.78 is 9.81. The molecule has 0 aliphatic rings. The molecule has 1 rings (SSSR count). The van der Waals surface area contributed by atoms with Gasteiger partial charge < -0.3 is 15.2 Å². The van der Waals surface area contributed by atoms with Gasteiger partial charge in [-0.2, -0.15) is 0 Å². The molecule has 0 aliphatic heterocycles. The van der Waals surface area contributed by atoms with Crippen molar-refractivity contribution in [2.75, 3.05) is 12.8 Å². The summed E-state index contributed by atoms with van der Waals surface area (Å²) in [6, 6.07) is 6.89. The van der Waals surface area contributed by atoms with E-state index in [1.54, 1.807) is 31.2 Å². The molecule has 0 saturated carbocycles. The predicted molar refractivity (Wildman–Crippen MR) is 53.0 cm³/mol. The van der Waals surface area contributed by atoms with Crippen LogP contribution in [-0.4, -0.2) is 19.2 Å². The van der Waals surface area contributed by atoms with Crippen molar-refractivity contribution in [1.29, 1.82) is 0 Å². The number of anilines is 1. The summed E-state index contributed by atoms with van der Waals surface area (Å²) in [6.07, 6.45) is -0.623. The first-order valence-electron chi connectivity index (χ1n) is 4.23. The van der Waals surface area contributed by atoms with Crippen molar-refractivity contribution in [3.8, 4) is 5.75 Å². The number of nitrogen functional groups attached to an aromatic ring is 1. The second-order valence-corrected chi connectivity index (χ2v) is 2.86. The molecule has 1 aromatic carbocycles. The fourth-order valence-electron chi connectivity index (χ4n) is 1.01. The molecule has 0 fully saturated rings. The largest absolute Gasteiger partial charge is 0.479 e. The van der Waals surface area contributed by atoms with Gasteiger partial charge in [-0.25, -0.2) is 4.79 Å². The van der Waals surface area contributed by atoms with Crippen molar-refractivity contribution in [2.45, 2.75) is 13.0 Å². The van der Waals surface area contributed by atoms with E-state index in [4.69, 9.17) is 10.5 Å². The molecule has 0 aliphatic carbocycles. The summed E-state index contributed by atoms with van der Waals surface area (Å²) >= 11 is 0. The highest BCUT2D eigenvalue weighted by molar-refractivity contribution is 5.74. The fraction of sp³-hybridized carbons (Fsp3) is 0.300. The summed E-state index contributed by atoms with van der Waals surface area (Å²) in [5, 5.41) is 0. The second-order valence-electron chi connectivity index (χ2n) is 2.86. The second kappa shape index (κ2) is 4.50. The molecular weight excluding hydrogens is 182 g/mol. The van der Waals surface area contributed by atoms with Crippen LogP contribution in [0.3, 0.4) is 0 Å². The summed E-state index contributed by atoms with van der Waals surface area (Å²) in [6.45, 7) is 1.62. The Bertz CT molecular complexity index is 325. The van der Waals surface area contributed by atoms with E-state index < -0.39 is 12.1 Å². The molecule has 0 amide bonds. The Morgan fingerprint density at radius 1 is 1.50 bits per heavy atom. The molecule has 4 nitrogen and oxygen atoms in total. The molecule has 14 heavy (non-hydrogen) atoms. The van der Waals surface area contributed by atoms with Gasteiger partial charge >= 0.3 is 5.97 Å². The number of carbonyl (C=O) groups excluding carboxylic acids is 1. The zero-order chi connectivity index (χ0) is 10.6. The standard InChI is InChI=1S/C10H13NO3/c1-7(10(12)13-2)14-9-5-3-4-8(11)6-9/h3-7H,11H2,1-2H3/t7-/m0/s1. The van der Waals surface area contributed by atoms with Crippen LogP contribution in [0.2, 0.25) is 0 Å². The van der Waals surface area contributed by atoms with E-state index >= 15 is 0 Å². The first kappa shape index (κ1) is 10.4. The van der Waals surface area contributed by atoms with Gasteiger partial charge in [0.05, 0.1) is 7.11 Å². The van der Waals surface area contributed by atoms with Crippen LogP contribution >= 0.6 is 0 Å². The van der Waals surface area contributed by atoms with E-state index in [1.165, 1.54) is 7.11 Å². The van der Waals surface area contributed by atoms with Crippen LogP contribution in [0.1, 0.15) is 6.92 Å². The Labute approximate surface area is 82.6 Å². The average Bonchev–Trinajstić information content (AvgIpc) is 2.16. The summed E-state index contributed by atoms with van der Waals surface area (Å²) in [5.41, 5.74) is 6.14. The summed E-state index contributed by atoms with van der Waals surface area (Å²) in [5.74, 6) is 0.148. The minimum atomic E-state index is -0.623. The number of nitrogens with two attached hydrogens (primary N) is 1. The first-order chi connectivity index (χ1) is 6.63. The van der Waals surface area contributed by atoms with Gasteiger partial charge in [-0.15, -0.1) is 0 Å². The maximum Gasteiger partial charge on any atom is 0.346 e. The SMILES string of the molecule is COC(=O)[C@H](C)Oc1cccc(N)c1. The lowest BCUT2D eigenvalue weighted by Crippen LogP contribution is -2.24. The Hall–Kier alpha value is -1.71. The number of rotatable bonds is 3. The van der Waals surface area contributed by atoms with E-state index in [9.17, 15) is 4.79 Å². The molecule has 1 aromatic rings. The number of methoxy groups -OCH3 is 1. The molecule has 1 atom stereocenters. The maximum absolute atomic E-state index is 11.0. The van der Waals surface area contributed by atoms with E-state index in [0.29, 0.717) is 11.4 Å². The molecule has 76 valence electrons. The van der Waals surface area contributed by atoms with Crippen molar-refractivity contribution in [2.24, 2.45) is 0 Å². The number of esters is 1. The van der Waals surface area contributed by atoms with Crippen LogP contribution in [0.15, 0.2) is 24.3 Å². The van der Waals surface area contributed by atoms with Crippen LogP contribution in [0, 0.1) is 0 Å². The quantitative estimate of drug-likeness (QED) is 0.581. The van der Waals surface area contributed by atoms with Crippen LogP contribution in [-0.2, 0) is 9.53 Å². The van der Waals surface area contributed by atoms with E-state index in [1.807, 2.05) is 0 Å². The smallest absolute Gasteiger partial charge is 0.346 e. The average molecular weight is 195 g/mol. The predicted octanol–water partition coefficient (Wildman–Crippen LogP) is 1.21. The lowest BCUT2D eigenvalue weighted by Gasteiger charge is -2.12. The minimum absolute atomic E-state index is 0.410. The highest BCUT2D eigenvalue weighted by Gasteiger charge is 2.14. The van der Waals surface area contributed by atoms with Gasteiger partial charge in [0.15, 0.2) is 6.10 Å². The molecule has 0 unspecified atom stereocenters. The lowest BCUT2D eigenvalue weighted by atomic mass is 10.3. The number of benzene rings is 1. The van der Waals surface area contributed by atoms with Gasteiger partial charge in [0.2, 0.25) is 0 Å². The number of carbonyl (C=O) groups is 1. The van der Waals surface area contributed by atoms with Gasteiger partial charge in [-0.1, -0.05) is 6.07 Å². The Morgan fingerprint density at radius 2 is 2.21 bits per heavy atom. The third kappa shape index (κ3) is 2.65. The molecule has 2 N–H and O–H groups in total. The molecule has 4 heteroatoms. The Balaban J connectivity index is 2.64. The Kier molecular flexibility index (Phi) is 3.34. The van der Waals surface area contributed by atoms with Crippen molar-refractivity contribution in [3.63, 3.8) is 0 Å². The van der Waals surface area contributed by atoms with Crippen LogP contribution in [0.5, 0.6) is 5.75 Å². The summed E-state index contributed by atoms with van der Waals surface area (Å²) in [7, 11) is 1.32. The number of ether oxygens (including phenoxy) is 2. The van der Waals surface area contributed by atoms with E-state index in [-0.39, 0.29) is 0 Å². The monoisotopic (exact) mass is 195 g/mol. The molecule has 0 radical (unpaired) electrons. The van der Waals surface area contributed by atoms with E-state index in [0.717, 1.165) is 0 Å². The highest BCUT2D eigenvalue weighted by atomic mass is 16.6. The van der Waals surface area contributed by atoms with Crippen LogP contribution in [0.4, 0.5) is 5.69 Å². The maximum atomic E-state index is 11.0. The van der Waals surface area contributed by atoms with Gasteiger partial charge in [0.25, 0.3) is 0 Å². The zero-order valence-electron chi connectivity index (χ0n) is 8.19. The van der Waals surface area contributed by atoms with Gasteiger partial charge in [0.1, 0.15) is 5.75 Å². The number of hydrogen-bond acceptors (Lipinski definition) is 4. The molecule has 0 heterocycles. The van der Waals surface area contributed by atoms with E-state index in [2.05, 4.69) is 4.74 Å². The van der Waals surface area contributed by atoms with Crippen molar-refractivity contribution in [3.05, 3.63) is 24.3 Å². The van der Waals surface area contributed by atoms with Gasteiger partial charge in [-0.05, 0) is 19.1 Å². The highest BCUT2D eigenvalue weighted by Crippen LogP contribution is 2.16. The fourth-order valence-corrected chi connectivity index (χ4v) is 1.01. The normalized spacial score (nSPS) is 11.9. The van der Waals surface area contributed by atoms with Gasteiger partial charge in [-0.3, -0.25) is 0 Å². The zero-order valence-corrected chi connectivity index (χ0v) is 8.19. The molecule has 0 saturated heterocycles. The molecular formula is C10H13NO3. The van der Waals surface area contributed by atoms with Crippen molar-refractivity contribution >= 4 is 11.7 Å². The minimum Gasteiger partial charge on any atom is -0.479 e. The first-order valence-corrected chi connectivity index (χ1v) is 4.23. The molecule has 0 aromatic heterocycles. The van der Waals surface area contributed by atoms with Crippen molar-refractivity contribution < 1.29 is 14.3 Å². The van der Waals surface area contributed by atoms with Crippen LogP contribution < -0.4 is 10.5 Å². The third-order valence-electron chi connectivity index (χ3n) is 1.70. The third-order valence-corrected chi connectivity index (χ3v) is 1.70. The topological polar surface area (TPSA) is 61.5 Å². The Morgan fingerprint density at radius 3 is 2.79 bits per heavy atom. The summed E-state index contributed by atoms with van der Waals surface area (Å²) in [4.78, 5) is 11.0. The lowest BCUT2D eigenvalue weighted by molar-refractivity contribution is -0.147. The van der Waals surface area contributed by atoms with Crippen LogP contribution in [0.25, 0.3) is 0 Å².